The number of rotatable bonds is 3. The van der Waals surface area contributed by atoms with Crippen LogP contribution in [0.5, 0.6) is 0 Å². The van der Waals surface area contributed by atoms with Gasteiger partial charge in [0.1, 0.15) is 0 Å². The molecule has 2 aromatic rings. The van der Waals surface area contributed by atoms with Crippen molar-refractivity contribution in [3.05, 3.63) is 62.8 Å². The summed E-state index contributed by atoms with van der Waals surface area (Å²) in [5, 5.41) is 2.87. The van der Waals surface area contributed by atoms with Crippen LogP contribution in [0.3, 0.4) is 0 Å². The molecule has 0 saturated carbocycles. The van der Waals surface area contributed by atoms with E-state index in [1.807, 2.05) is 24.3 Å². The van der Waals surface area contributed by atoms with Crippen molar-refractivity contribution in [1.29, 1.82) is 0 Å². The van der Waals surface area contributed by atoms with Gasteiger partial charge in [-0.25, -0.2) is 0 Å². The number of hydrogen-bond acceptors (Lipinski definition) is 2. The van der Waals surface area contributed by atoms with Crippen LogP contribution < -0.4 is 5.32 Å². The summed E-state index contributed by atoms with van der Waals surface area (Å²) in [6.45, 7) is 0.486. The van der Waals surface area contributed by atoms with E-state index in [4.69, 9.17) is 0 Å². The second kappa shape index (κ2) is 6.11. The molecule has 18 heavy (non-hydrogen) atoms. The number of carbonyl (C=O) groups excluding carboxylic acids is 1. The van der Waals surface area contributed by atoms with E-state index < -0.39 is 0 Å². The van der Waals surface area contributed by atoms with Gasteiger partial charge in [-0.2, -0.15) is 0 Å². The summed E-state index contributed by atoms with van der Waals surface area (Å²) < 4.78 is 1.65. The lowest BCUT2D eigenvalue weighted by Gasteiger charge is -2.07. The van der Waals surface area contributed by atoms with Crippen LogP contribution in [0.25, 0.3) is 0 Å². The SMILES string of the molecule is O=C(NCc1ccncc1)c1cc(Br)ccc1Br. The molecule has 1 aromatic heterocycles. The van der Waals surface area contributed by atoms with Gasteiger partial charge in [0.15, 0.2) is 0 Å². The topological polar surface area (TPSA) is 42.0 Å². The Morgan fingerprint density at radius 3 is 2.61 bits per heavy atom. The number of nitrogens with zero attached hydrogens (tertiary/aromatic N) is 1. The number of aromatic nitrogens is 1. The van der Waals surface area contributed by atoms with E-state index >= 15 is 0 Å². The van der Waals surface area contributed by atoms with Gasteiger partial charge in [0, 0.05) is 27.9 Å². The monoisotopic (exact) mass is 368 g/mol. The van der Waals surface area contributed by atoms with Crippen LogP contribution in [0.1, 0.15) is 15.9 Å². The lowest BCUT2D eigenvalue weighted by Crippen LogP contribution is -2.23. The molecule has 3 nitrogen and oxygen atoms in total. The summed E-state index contributed by atoms with van der Waals surface area (Å²) in [5.41, 5.74) is 1.63. The first kappa shape index (κ1) is 13.2. The maximum atomic E-state index is 12.0. The van der Waals surface area contributed by atoms with Gasteiger partial charge in [-0.15, -0.1) is 0 Å². The quantitative estimate of drug-likeness (QED) is 0.899. The normalized spacial score (nSPS) is 10.1. The van der Waals surface area contributed by atoms with Crippen LogP contribution in [0, 0.1) is 0 Å². The Hall–Kier alpha value is -1.20. The Morgan fingerprint density at radius 2 is 1.89 bits per heavy atom. The van der Waals surface area contributed by atoms with Gasteiger partial charge >= 0.3 is 0 Å². The van der Waals surface area contributed by atoms with E-state index in [0.29, 0.717) is 12.1 Å². The molecule has 0 atom stereocenters. The molecule has 1 N–H and O–H groups in total. The highest BCUT2D eigenvalue weighted by atomic mass is 79.9. The number of carbonyl (C=O) groups is 1. The van der Waals surface area contributed by atoms with E-state index in [2.05, 4.69) is 42.2 Å². The lowest BCUT2D eigenvalue weighted by atomic mass is 10.2. The fourth-order valence-electron chi connectivity index (χ4n) is 1.45. The maximum Gasteiger partial charge on any atom is 0.252 e. The zero-order valence-electron chi connectivity index (χ0n) is 9.36. The minimum atomic E-state index is -0.111. The van der Waals surface area contributed by atoms with Gasteiger partial charge in [0.25, 0.3) is 5.91 Å². The molecule has 0 bridgehead atoms. The van der Waals surface area contributed by atoms with Crippen molar-refractivity contribution in [1.82, 2.24) is 10.3 Å². The Bertz CT molecular complexity index is 558. The van der Waals surface area contributed by atoms with E-state index in [-0.39, 0.29) is 5.91 Å². The molecular formula is C13H10Br2N2O. The molecule has 1 heterocycles. The van der Waals surface area contributed by atoms with Crippen molar-refractivity contribution in [3.63, 3.8) is 0 Å². The summed E-state index contributed by atoms with van der Waals surface area (Å²) in [5.74, 6) is -0.111. The average molecular weight is 370 g/mol. The molecule has 0 fully saturated rings. The fourth-order valence-corrected chi connectivity index (χ4v) is 2.24. The lowest BCUT2D eigenvalue weighted by molar-refractivity contribution is 0.0950. The van der Waals surface area contributed by atoms with E-state index in [1.165, 1.54) is 0 Å². The van der Waals surface area contributed by atoms with Crippen LogP contribution >= 0.6 is 31.9 Å². The number of pyridine rings is 1. The second-order valence-corrected chi connectivity index (χ2v) is 5.43. The number of hydrogen-bond donors (Lipinski definition) is 1. The maximum absolute atomic E-state index is 12.0. The van der Waals surface area contributed by atoms with Gasteiger partial charge in [-0.3, -0.25) is 9.78 Å². The van der Waals surface area contributed by atoms with Crippen molar-refractivity contribution in [2.45, 2.75) is 6.54 Å². The molecule has 0 spiro atoms. The minimum absolute atomic E-state index is 0.111. The third-order valence-corrected chi connectivity index (χ3v) is 3.56. The van der Waals surface area contributed by atoms with Crippen LogP contribution in [0.15, 0.2) is 51.7 Å². The van der Waals surface area contributed by atoms with Gasteiger partial charge in [-0.05, 0) is 51.8 Å². The highest BCUT2D eigenvalue weighted by Crippen LogP contribution is 2.21. The third-order valence-electron chi connectivity index (χ3n) is 2.38. The predicted molar refractivity (Wildman–Crippen MR) is 77.2 cm³/mol. The fraction of sp³-hybridized carbons (Fsp3) is 0.0769. The molecule has 5 heteroatoms. The molecule has 0 radical (unpaired) electrons. The smallest absolute Gasteiger partial charge is 0.252 e. The minimum Gasteiger partial charge on any atom is -0.348 e. The summed E-state index contributed by atoms with van der Waals surface area (Å²) in [7, 11) is 0. The van der Waals surface area contributed by atoms with Gasteiger partial charge in [0.05, 0.1) is 5.56 Å². The highest BCUT2D eigenvalue weighted by molar-refractivity contribution is 9.11. The average Bonchev–Trinajstić information content (AvgIpc) is 2.40. The molecule has 1 amide bonds. The van der Waals surface area contributed by atoms with Gasteiger partial charge < -0.3 is 5.32 Å². The Kier molecular flexibility index (Phi) is 4.49. The second-order valence-electron chi connectivity index (χ2n) is 3.66. The van der Waals surface area contributed by atoms with Crippen molar-refractivity contribution < 1.29 is 4.79 Å². The Morgan fingerprint density at radius 1 is 1.17 bits per heavy atom. The zero-order chi connectivity index (χ0) is 13.0. The van der Waals surface area contributed by atoms with Crippen LogP contribution in [0.4, 0.5) is 0 Å². The van der Waals surface area contributed by atoms with E-state index in [0.717, 1.165) is 14.5 Å². The number of amides is 1. The molecule has 1 aromatic carbocycles. The van der Waals surface area contributed by atoms with Crippen LogP contribution in [-0.4, -0.2) is 10.9 Å². The molecule has 0 unspecified atom stereocenters. The molecule has 0 aliphatic heterocycles. The number of benzene rings is 1. The highest BCUT2D eigenvalue weighted by Gasteiger charge is 2.09. The van der Waals surface area contributed by atoms with Crippen LogP contribution in [0.2, 0.25) is 0 Å². The Balaban J connectivity index is 2.06. The molecule has 0 saturated heterocycles. The zero-order valence-corrected chi connectivity index (χ0v) is 12.5. The predicted octanol–water partition coefficient (Wildman–Crippen LogP) is 3.54. The number of nitrogens with one attached hydrogen (secondary N) is 1. The molecule has 0 aliphatic carbocycles. The molecule has 2 rings (SSSR count). The van der Waals surface area contributed by atoms with Crippen molar-refractivity contribution in [2.75, 3.05) is 0 Å². The molecule has 92 valence electrons. The van der Waals surface area contributed by atoms with E-state index in [9.17, 15) is 4.79 Å². The third kappa shape index (κ3) is 3.40. The standard InChI is InChI=1S/C13H10Br2N2O/c14-10-1-2-12(15)11(7-10)13(18)17-8-9-3-5-16-6-4-9/h1-7H,8H2,(H,17,18). The first-order valence-electron chi connectivity index (χ1n) is 5.29. The summed E-state index contributed by atoms with van der Waals surface area (Å²) in [6, 6.07) is 9.24. The Labute approximate surface area is 122 Å². The summed E-state index contributed by atoms with van der Waals surface area (Å²) >= 11 is 6.72. The summed E-state index contributed by atoms with van der Waals surface area (Å²) in [6.07, 6.45) is 3.41. The van der Waals surface area contributed by atoms with Gasteiger partial charge in [0.2, 0.25) is 0 Å². The first-order valence-corrected chi connectivity index (χ1v) is 6.87. The van der Waals surface area contributed by atoms with Crippen molar-refractivity contribution in [2.24, 2.45) is 0 Å². The van der Waals surface area contributed by atoms with Crippen LogP contribution in [-0.2, 0) is 6.54 Å². The number of halogens is 2. The van der Waals surface area contributed by atoms with Gasteiger partial charge in [-0.1, -0.05) is 15.9 Å². The summed E-state index contributed by atoms with van der Waals surface area (Å²) in [4.78, 5) is 15.9. The molecular weight excluding hydrogens is 360 g/mol. The van der Waals surface area contributed by atoms with Crippen molar-refractivity contribution >= 4 is 37.8 Å². The van der Waals surface area contributed by atoms with E-state index in [1.54, 1.807) is 18.5 Å². The van der Waals surface area contributed by atoms with Crippen molar-refractivity contribution in [3.8, 4) is 0 Å². The first-order chi connectivity index (χ1) is 8.66. The largest absolute Gasteiger partial charge is 0.348 e. The molecule has 0 aliphatic rings.